The smallest absolute Gasteiger partial charge is 0.418 e. The van der Waals surface area contributed by atoms with Gasteiger partial charge in [-0.2, -0.15) is 0 Å². The first-order valence-corrected chi connectivity index (χ1v) is 16.0. The van der Waals surface area contributed by atoms with Gasteiger partial charge in [-0.3, -0.25) is 14.4 Å². The second kappa shape index (κ2) is 17.3. The van der Waals surface area contributed by atoms with Crippen molar-refractivity contribution in [3.8, 4) is 5.75 Å². The van der Waals surface area contributed by atoms with E-state index in [-0.39, 0.29) is 0 Å². The van der Waals surface area contributed by atoms with Crippen LogP contribution in [0, 0.1) is 5.41 Å². The van der Waals surface area contributed by atoms with Crippen LogP contribution < -0.4 is 10.1 Å². The number of para-hydroxylation sites is 2. The molecular weight excluding hydrogens is 532 g/mol. The molecule has 1 aromatic carbocycles. The van der Waals surface area contributed by atoms with Gasteiger partial charge >= 0.3 is 6.09 Å². The Bertz CT molecular complexity index is 1030. The summed E-state index contributed by atoms with van der Waals surface area (Å²) in [6, 6.07) is 5.31. The number of hydrogen-bond acceptors (Lipinski definition) is 6. The van der Waals surface area contributed by atoms with Crippen LogP contribution in [0.4, 0.5) is 10.5 Å². The molecule has 8 nitrogen and oxygen atoms in total. The fraction of sp³-hybridized carbons (Fsp3) is 0.706. The maximum atomic E-state index is 13.5. The fourth-order valence-electron chi connectivity index (χ4n) is 5.05. The number of nitrogens with zero attached hydrogens (tertiary/aromatic N) is 1. The van der Waals surface area contributed by atoms with Crippen molar-refractivity contribution in [2.24, 2.45) is 5.41 Å². The number of cyclic esters (lactones) is 1. The van der Waals surface area contributed by atoms with Gasteiger partial charge in [-0.05, 0) is 32.4 Å². The van der Waals surface area contributed by atoms with Crippen LogP contribution in [0.2, 0.25) is 0 Å². The van der Waals surface area contributed by atoms with Crippen LogP contribution in [0.3, 0.4) is 0 Å². The molecular formula is C34H54N2O6. The van der Waals surface area contributed by atoms with Gasteiger partial charge in [-0.25, -0.2) is 9.69 Å². The van der Waals surface area contributed by atoms with E-state index in [1.54, 1.807) is 45.0 Å². The Kier molecular flexibility index (Phi) is 14.5. The first kappa shape index (κ1) is 35.3. The highest BCUT2D eigenvalue weighted by atomic mass is 16.6. The van der Waals surface area contributed by atoms with Crippen LogP contribution in [0.25, 0.3) is 0 Å². The van der Waals surface area contributed by atoms with Crippen LogP contribution in [-0.2, 0) is 19.1 Å². The predicted molar refractivity (Wildman–Crippen MR) is 167 cm³/mol. The van der Waals surface area contributed by atoms with E-state index in [9.17, 15) is 19.2 Å². The molecule has 2 rings (SSSR count). The molecule has 1 atom stereocenters. The number of carbonyl (C=O) groups is 4. The number of ether oxygens (including phenoxy) is 2. The molecule has 1 unspecified atom stereocenters. The van der Waals surface area contributed by atoms with E-state index in [4.69, 9.17) is 9.47 Å². The minimum absolute atomic E-state index is 0.374. The van der Waals surface area contributed by atoms with Gasteiger partial charge in [0.25, 0.3) is 11.8 Å². The molecule has 1 N–H and O–H groups in total. The molecule has 1 aliphatic heterocycles. The van der Waals surface area contributed by atoms with Gasteiger partial charge in [-0.15, -0.1) is 0 Å². The monoisotopic (exact) mass is 586 g/mol. The van der Waals surface area contributed by atoms with Crippen molar-refractivity contribution >= 4 is 29.4 Å². The summed E-state index contributed by atoms with van der Waals surface area (Å²) in [5.74, 6) is -1.61. The lowest BCUT2D eigenvalue weighted by molar-refractivity contribution is -0.145. The summed E-state index contributed by atoms with van der Waals surface area (Å²) in [5.41, 5.74) is -2.07. The van der Waals surface area contributed by atoms with E-state index >= 15 is 0 Å². The number of Topliss-reactive ketones (excluding diaryl/α,β-unsaturated/α-hetero) is 1. The van der Waals surface area contributed by atoms with Gasteiger partial charge in [0.15, 0.2) is 17.4 Å². The molecule has 236 valence electrons. The molecule has 0 aliphatic carbocycles. The van der Waals surface area contributed by atoms with E-state index in [1.807, 2.05) is 0 Å². The first-order valence-electron chi connectivity index (χ1n) is 16.0. The molecule has 1 heterocycles. The van der Waals surface area contributed by atoms with E-state index < -0.39 is 40.7 Å². The van der Waals surface area contributed by atoms with Gasteiger partial charge in [0.1, 0.15) is 5.75 Å². The van der Waals surface area contributed by atoms with Crippen LogP contribution in [0.15, 0.2) is 24.3 Å². The lowest BCUT2D eigenvalue weighted by Gasteiger charge is -2.28. The Hall–Kier alpha value is -2.90. The highest BCUT2D eigenvalue weighted by Crippen LogP contribution is 2.31. The Morgan fingerprint density at radius 2 is 1.36 bits per heavy atom. The molecule has 0 spiro atoms. The van der Waals surface area contributed by atoms with Crippen LogP contribution in [-0.4, -0.2) is 46.8 Å². The van der Waals surface area contributed by atoms with Gasteiger partial charge < -0.3 is 14.8 Å². The predicted octanol–water partition coefficient (Wildman–Crippen LogP) is 8.23. The molecule has 0 bridgehead atoms. The van der Waals surface area contributed by atoms with Crippen molar-refractivity contribution in [3.63, 3.8) is 0 Å². The van der Waals surface area contributed by atoms with Crippen molar-refractivity contribution < 1.29 is 28.7 Å². The number of imide groups is 1. The van der Waals surface area contributed by atoms with Crippen molar-refractivity contribution in [2.45, 2.75) is 143 Å². The van der Waals surface area contributed by atoms with Gasteiger partial charge in [0.05, 0.1) is 12.3 Å². The van der Waals surface area contributed by atoms with Crippen LogP contribution in [0.5, 0.6) is 5.75 Å². The molecule has 8 heteroatoms. The number of rotatable bonds is 20. The Balaban J connectivity index is 1.81. The summed E-state index contributed by atoms with van der Waals surface area (Å²) in [6.45, 7) is 10.5. The largest absolute Gasteiger partial charge is 0.491 e. The third-order valence-corrected chi connectivity index (χ3v) is 7.67. The molecule has 1 aliphatic rings. The molecule has 1 saturated heterocycles. The number of amides is 3. The van der Waals surface area contributed by atoms with Gasteiger partial charge in [0, 0.05) is 5.41 Å². The Labute approximate surface area is 253 Å². The molecule has 1 aromatic rings. The minimum Gasteiger partial charge on any atom is -0.491 e. The summed E-state index contributed by atoms with van der Waals surface area (Å²) in [5, 5.41) is 2.72. The summed E-state index contributed by atoms with van der Waals surface area (Å²) in [4.78, 5) is 52.9. The van der Waals surface area contributed by atoms with Crippen molar-refractivity contribution in [1.29, 1.82) is 0 Å². The summed E-state index contributed by atoms with van der Waals surface area (Å²) in [7, 11) is 0. The van der Waals surface area contributed by atoms with Gasteiger partial charge in [-0.1, -0.05) is 123 Å². The molecule has 0 saturated carbocycles. The lowest BCUT2D eigenvalue weighted by Crippen LogP contribution is -2.55. The van der Waals surface area contributed by atoms with Crippen LogP contribution >= 0.6 is 0 Å². The summed E-state index contributed by atoms with van der Waals surface area (Å²) in [6.07, 6.45) is 16.9. The van der Waals surface area contributed by atoms with Crippen molar-refractivity contribution in [3.05, 3.63) is 24.3 Å². The number of carbonyl (C=O) groups excluding carboxylic acids is 4. The average molecular weight is 587 g/mol. The molecule has 42 heavy (non-hydrogen) atoms. The third kappa shape index (κ3) is 11.1. The number of benzene rings is 1. The highest BCUT2D eigenvalue weighted by Gasteiger charge is 2.55. The second-order valence-electron chi connectivity index (χ2n) is 13.0. The number of ketones is 1. The highest BCUT2D eigenvalue weighted by molar-refractivity contribution is 6.19. The third-order valence-electron chi connectivity index (χ3n) is 7.67. The molecule has 0 radical (unpaired) electrons. The average Bonchev–Trinajstić information content (AvgIpc) is 3.12. The summed E-state index contributed by atoms with van der Waals surface area (Å²) >= 11 is 0. The summed E-state index contributed by atoms with van der Waals surface area (Å²) < 4.78 is 11.1. The standard InChI is InChI=1S/C34H54N2O6/c1-7-8-9-10-11-12-13-14-15-16-17-18-19-22-25-41-27-24-21-20-23-26(27)35-30(38)28(29(37)33(2,3)4)36-31(39)34(5,6)42-32(36)40/h20-21,23-24,28H,7-19,22,25H2,1-6H3,(H,35,38). The Morgan fingerprint density at radius 3 is 1.83 bits per heavy atom. The fourth-order valence-corrected chi connectivity index (χ4v) is 5.05. The quantitative estimate of drug-likeness (QED) is 0.122. The zero-order valence-electron chi connectivity index (χ0n) is 26.9. The van der Waals surface area contributed by atoms with E-state index in [1.165, 1.54) is 90.9 Å². The van der Waals surface area contributed by atoms with Crippen LogP contribution in [0.1, 0.15) is 131 Å². The number of unbranched alkanes of at least 4 members (excludes halogenated alkanes) is 13. The molecule has 1 fully saturated rings. The number of nitrogens with one attached hydrogen (secondary N) is 1. The topological polar surface area (TPSA) is 102 Å². The Morgan fingerprint density at radius 1 is 0.857 bits per heavy atom. The van der Waals surface area contributed by atoms with E-state index in [0.717, 1.165) is 12.8 Å². The zero-order chi connectivity index (χ0) is 31.2. The second-order valence-corrected chi connectivity index (χ2v) is 13.0. The van der Waals surface area contributed by atoms with Gasteiger partial charge in [0.2, 0.25) is 0 Å². The normalized spacial score (nSPS) is 15.4. The van der Waals surface area contributed by atoms with E-state index in [0.29, 0.717) is 22.9 Å². The maximum Gasteiger partial charge on any atom is 0.418 e. The molecule has 3 amide bonds. The minimum atomic E-state index is -1.66. The first-order chi connectivity index (χ1) is 19.9. The number of hydrogen-bond donors (Lipinski definition) is 1. The van der Waals surface area contributed by atoms with Crippen molar-refractivity contribution in [1.82, 2.24) is 4.90 Å². The lowest BCUT2D eigenvalue weighted by atomic mass is 9.85. The SMILES string of the molecule is CCCCCCCCCCCCCCCCOc1ccccc1NC(=O)C(C(=O)C(C)(C)C)N1C(=O)OC(C)(C)C1=O. The van der Waals surface area contributed by atoms with Crippen molar-refractivity contribution in [2.75, 3.05) is 11.9 Å². The number of anilines is 1. The molecule has 0 aromatic heterocycles. The maximum absolute atomic E-state index is 13.5. The van der Waals surface area contributed by atoms with E-state index in [2.05, 4.69) is 12.2 Å². The zero-order valence-corrected chi connectivity index (χ0v) is 26.9.